The van der Waals surface area contributed by atoms with E-state index in [2.05, 4.69) is 24.1 Å². The highest BCUT2D eigenvalue weighted by Gasteiger charge is 2.14. The van der Waals surface area contributed by atoms with E-state index in [1.807, 2.05) is 6.20 Å². The van der Waals surface area contributed by atoms with Gasteiger partial charge in [0.05, 0.1) is 0 Å². The number of nitrogens with zero attached hydrogens (tertiary/aromatic N) is 1. The second-order valence-electron chi connectivity index (χ2n) is 3.22. The van der Waals surface area contributed by atoms with Crippen molar-refractivity contribution >= 4 is 5.69 Å². The lowest BCUT2D eigenvalue weighted by Crippen LogP contribution is -2.20. The van der Waals surface area contributed by atoms with Crippen molar-refractivity contribution < 1.29 is 4.74 Å². The molecule has 0 amide bonds. The Morgan fingerprint density at radius 2 is 2.46 bits per heavy atom. The summed E-state index contributed by atoms with van der Waals surface area (Å²) < 4.78 is 5.43. The molecule has 1 N–H and O–H groups in total. The van der Waals surface area contributed by atoms with Crippen molar-refractivity contribution in [1.29, 1.82) is 0 Å². The molecule has 3 heteroatoms. The summed E-state index contributed by atoms with van der Waals surface area (Å²) in [5, 5.41) is 3.32. The summed E-state index contributed by atoms with van der Waals surface area (Å²) in [6.07, 6.45) is 2.93. The van der Waals surface area contributed by atoms with Crippen LogP contribution in [0.2, 0.25) is 0 Å². The highest BCUT2D eigenvalue weighted by atomic mass is 16.5. The Balaban J connectivity index is 2.48. The van der Waals surface area contributed by atoms with E-state index in [4.69, 9.17) is 4.74 Å². The van der Waals surface area contributed by atoms with Crippen molar-refractivity contribution in [2.45, 2.75) is 20.3 Å². The Morgan fingerprint density at radius 3 is 3.23 bits per heavy atom. The van der Waals surface area contributed by atoms with Crippen LogP contribution in [-0.4, -0.2) is 18.1 Å². The Bertz CT molecular complexity index is 323. The van der Waals surface area contributed by atoms with Crippen molar-refractivity contribution in [3.8, 4) is 5.88 Å². The number of rotatable bonds is 1. The molecular formula is C10H14N2O. The number of aryl methyl sites for hydroxylation is 1. The van der Waals surface area contributed by atoms with Crippen LogP contribution in [0.25, 0.3) is 0 Å². The summed E-state index contributed by atoms with van der Waals surface area (Å²) >= 11 is 0. The van der Waals surface area contributed by atoms with Crippen LogP contribution in [0.5, 0.6) is 5.88 Å². The van der Waals surface area contributed by atoms with Crippen LogP contribution < -0.4 is 10.1 Å². The molecule has 0 radical (unpaired) electrons. The van der Waals surface area contributed by atoms with Gasteiger partial charge in [-0.25, -0.2) is 4.98 Å². The predicted octanol–water partition coefficient (Wildman–Crippen LogP) is 1.76. The monoisotopic (exact) mass is 178 g/mol. The predicted molar refractivity (Wildman–Crippen MR) is 52.3 cm³/mol. The van der Waals surface area contributed by atoms with Crippen LogP contribution >= 0.6 is 0 Å². The fourth-order valence-corrected chi connectivity index (χ4v) is 1.62. The first-order valence-electron chi connectivity index (χ1n) is 4.68. The van der Waals surface area contributed by atoms with Gasteiger partial charge in [0.15, 0.2) is 0 Å². The number of aromatic nitrogens is 1. The van der Waals surface area contributed by atoms with Crippen molar-refractivity contribution in [3.05, 3.63) is 17.3 Å². The number of nitrogens with one attached hydrogen (secondary N) is 1. The molecule has 0 bridgehead atoms. The minimum absolute atomic E-state index is 0.713. The molecule has 0 saturated heterocycles. The average molecular weight is 178 g/mol. The summed E-state index contributed by atoms with van der Waals surface area (Å²) in [5.74, 6) is 0.751. The molecule has 2 heterocycles. The number of fused-ring (bicyclic) bond motifs is 1. The van der Waals surface area contributed by atoms with Gasteiger partial charge in [0.2, 0.25) is 5.88 Å². The normalized spacial score (nSPS) is 14.3. The maximum Gasteiger partial charge on any atom is 0.237 e. The van der Waals surface area contributed by atoms with E-state index < -0.39 is 0 Å². The first-order valence-corrected chi connectivity index (χ1v) is 4.68. The maximum atomic E-state index is 5.43. The van der Waals surface area contributed by atoms with Gasteiger partial charge in [0.25, 0.3) is 0 Å². The number of hydrogen-bond acceptors (Lipinski definition) is 3. The van der Waals surface area contributed by atoms with Gasteiger partial charge in [-0.15, -0.1) is 0 Å². The van der Waals surface area contributed by atoms with Crippen LogP contribution in [0.1, 0.15) is 18.1 Å². The van der Waals surface area contributed by atoms with E-state index >= 15 is 0 Å². The van der Waals surface area contributed by atoms with Gasteiger partial charge in [-0.2, -0.15) is 0 Å². The molecule has 0 fully saturated rings. The molecule has 1 aromatic rings. The summed E-state index contributed by atoms with van der Waals surface area (Å²) in [7, 11) is 0. The second-order valence-corrected chi connectivity index (χ2v) is 3.22. The van der Waals surface area contributed by atoms with Crippen LogP contribution in [0, 0.1) is 6.92 Å². The van der Waals surface area contributed by atoms with Crippen molar-refractivity contribution in [2.75, 3.05) is 18.5 Å². The van der Waals surface area contributed by atoms with Gasteiger partial charge >= 0.3 is 0 Å². The Hall–Kier alpha value is -1.25. The van der Waals surface area contributed by atoms with Crippen LogP contribution in [0.3, 0.4) is 0 Å². The van der Waals surface area contributed by atoms with E-state index in [0.717, 1.165) is 24.5 Å². The van der Waals surface area contributed by atoms with Crippen LogP contribution in [-0.2, 0) is 6.42 Å². The third kappa shape index (κ3) is 1.34. The zero-order valence-electron chi connectivity index (χ0n) is 8.05. The van der Waals surface area contributed by atoms with E-state index in [1.54, 1.807) is 0 Å². The van der Waals surface area contributed by atoms with Gasteiger partial charge in [-0.3, -0.25) is 0 Å². The first-order chi connectivity index (χ1) is 6.33. The van der Waals surface area contributed by atoms with E-state index in [0.29, 0.717) is 6.61 Å². The van der Waals surface area contributed by atoms with Crippen LogP contribution in [0.15, 0.2) is 6.20 Å². The fourth-order valence-electron chi connectivity index (χ4n) is 1.62. The van der Waals surface area contributed by atoms with Gasteiger partial charge in [-0.05, 0) is 24.5 Å². The minimum atomic E-state index is 0.713. The van der Waals surface area contributed by atoms with Crippen molar-refractivity contribution in [2.24, 2.45) is 0 Å². The molecule has 0 saturated carbocycles. The third-order valence-corrected chi connectivity index (χ3v) is 2.43. The smallest absolute Gasteiger partial charge is 0.237 e. The lowest BCUT2D eigenvalue weighted by Gasteiger charge is -2.20. The van der Waals surface area contributed by atoms with Gasteiger partial charge in [0.1, 0.15) is 12.3 Å². The molecule has 1 aromatic heterocycles. The fraction of sp³-hybridized carbons (Fsp3) is 0.500. The van der Waals surface area contributed by atoms with Gasteiger partial charge in [-0.1, -0.05) is 6.92 Å². The Morgan fingerprint density at radius 1 is 1.62 bits per heavy atom. The van der Waals surface area contributed by atoms with E-state index in [1.165, 1.54) is 11.1 Å². The molecular weight excluding hydrogens is 164 g/mol. The summed E-state index contributed by atoms with van der Waals surface area (Å²) in [4.78, 5) is 4.27. The lowest BCUT2D eigenvalue weighted by atomic mass is 10.1. The average Bonchev–Trinajstić information content (AvgIpc) is 2.19. The molecule has 13 heavy (non-hydrogen) atoms. The summed E-state index contributed by atoms with van der Waals surface area (Å²) in [6, 6.07) is 0. The topological polar surface area (TPSA) is 34.2 Å². The number of pyridine rings is 1. The Kier molecular flexibility index (Phi) is 2.08. The quantitative estimate of drug-likeness (QED) is 0.711. The van der Waals surface area contributed by atoms with Gasteiger partial charge < -0.3 is 10.1 Å². The number of ether oxygens (including phenoxy) is 1. The van der Waals surface area contributed by atoms with Crippen molar-refractivity contribution in [3.63, 3.8) is 0 Å². The molecule has 0 aromatic carbocycles. The highest BCUT2D eigenvalue weighted by molar-refractivity contribution is 5.61. The molecule has 2 rings (SSSR count). The minimum Gasteiger partial charge on any atom is -0.474 e. The molecule has 0 atom stereocenters. The zero-order chi connectivity index (χ0) is 9.26. The Labute approximate surface area is 78.1 Å². The van der Waals surface area contributed by atoms with Crippen LogP contribution in [0.4, 0.5) is 5.69 Å². The SMILES string of the molecule is CCc1cnc2c(c1C)NCCO2. The largest absolute Gasteiger partial charge is 0.474 e. The third-order valence-electron chi connectivity index (χ3n) is 2.43. The number of hydrogen-bond donors (Lipinski definition) is 1. The zero-order valence-corrected chi connectivity index (χ0v) is 8.05. The first kappa shape index (κ1) is 8.35. The highest BCUT2D eigenvalue weighted by Crippen LogP contribution is 2.30. The molecule has 1 aliphatic heterocycles. The molecule has 3 nitrogen and oxygen atoms in total. The van der Waals surface area contributed by atoms with Crippen molar-refractivity contribution in [1.82, 2.24) is 4.98 Å². The summed E-state index contributed by atoms with van der Waals surface area (Å²) in [5.41, 5.74) is 3.63. The second kappa shape index (κ2) is 3.24. The molecule has 0 aliphatic carbocycles. The van der Waals surface area contributed by atoms with E-state index in [-0.39, 0.29) is 0 Å². The maximum absolute atomic E-state index is 5.43. The standard InChI is InChI=1S/C10H14N2O/c1-3-8-6-12-10-9(7(8)2)11-4-5-13-10/h6,11H,3-5H2,1-2H3. The summed E-state index contributed by atoms with van der Waals surface area (Å²) in [6.45, 7) is 5.84. The molecule has 70 valence electrons. The lowest BCUT2D eigenvalue weighted by molar-refractivity contribution is 0.310. The van der Waals surface area contributed by atoms with E-state index in [9.17, 15) is 0 Å². The molecule has 0 unspecified atom stereocenters. The number of anilines is 1. The molecule has 0 spiro atoms. The molecule has 1 aliphatic rings. The van der Waals surface area contributed by atoms with Gasteiger partial charge in [0, 0.05) is 12.7 Å².